The third kappa shape index (κ3) is 4.64. The lowest BCUT2D eigenvalue weighted by atomic mass is 10.2. The Morgan fingerprint density at radius 1 is 1.59 bits per heavy atom. The Balaban J connectivity index is 2.26. The maximum Gasteiger partial charge on any atom is 0.237 e. The van der Waals surface area contributed by atoms with Gasteiger partial charge in [-0.3, -0.25) is 14.3 Å². The summed E-state index contributed by atoms with van der Waals surface area (Å²) in [5, 5.41) is 6.68. The van der Waals surface area contributed by atoms with Gasteiger partial charge in [0, 0.05) is 12.7 Å². The number of hydrogen-bond donors (Lipinski definition) is 3. The van der Waals surface area contributed by atoms with E-state index >= 15 is 0 Å². The Hall–Kier alpha value is -1.89. The van der Waals surface area contributed by atoms with E-state index in [0.717, 1.165) is 5.56 Å². The lowest BCUT2D eigenvalue weighted by Gasteiger charge is -2.10. The molecule has 2 amide bonds. The molecule has 1 unspecified atom stereocenters. The van der Waals surface area contributed by atoms with Gasteiger partial charge in [-0.2, -0.15) is 5.10 Å². The Kier molecular flexibility index (Phi) is 4.65. The third-order valence-electron chi connectivity index (χ3n) is 2.16. The van der Waals surface area contributed by atoms with Crippen LogP contribution in [0.5, 0.6) is 0 Å². The quantitative estimate of drug-likeness (QED) is 0.560. The van der Waals surface area contributed by atoms with Crippen LogP contribution in [0, 0.1) is 6.92 Å². The molecule has 0 fully saturated rings. The first-order valence-electron chi connectivity index (χ1n) is 5.29. The number of carbonyl (C=O) groups is 2. The second-order valence-corrected chi connectivity index (χ2v) is 3.85. The molecule has 0 aliphatic heterocycles. The molecule has 0 saturated carbocycles. The van der Waals surface area contributed by atoms with Gasteiger partial charge >= 0.3 is 0 Å². The lowest BCUT2D eigenvalue weighted by molar-refractivity contribution is -0.126. The van der Waals surface area contributed by atoms with Crippen molar-refractivity contribution < 1.29 is 9.59 Å². The van der Waals surface area contributed by atoms with E-state index in [9.17, 15) is 9.59 Å². The van der Waals surface area contributed by atoms with Crippen molar-refractivity contribution in [1.29, 1.82) is 0 Å². The second-order valence-electron chi connectivity index (χ2n) is 3.85. The van der Waals surface area contributed by atoms with Gasteiger partial charge < -0.3 is 16.8 Å². The molecule has 0 aliphatic carbocycles. The summed E-state index contributed by atoms with van der Waals surface area (Å²) in [5.41, 5.74) is 11.5. The summed E-state index contributed by atoms with van der Waals surface area (Å²) in [5.74, 6) is -0.969. The highest BCUT2D eigenvalue weighted by atomic mass is 16.2. The molecule has 94 valence electrons. The van der Waals surface area contributed by atoms with Crippen LogP contribution in [0.1, 0.15) is 12.0 Å². The molecule has 0 aromatic carbocycles. The van der Waals surface area contributed by atoms with Crippen molar-refractivity contribution in [2.24, 2.45) is 11.5 Å². The fourth-order valence-corrected chi connectivity index (χ4v) is 1.32. The lowest BCUT2D eigenvalue weighted by Crippen LogP contribution is -2.43. The number of rotatable bonds is 6. The summed E-state index contributed by atoms with van der Waals surface area (Å²) in [4.78, 5) is 22.0. The minimum Gasteiger partial charge on any atom is -0.370 e. The molecular formula is C10H17N5O2. The van der Waals surface area contributed by atoms with Crippen LogP contribution in [-0.2, 0) is 16.1 Å². The van der Waals surface area contributed by atoms with E-state index in [-0.39, 0.29) is 12.3 Å². The van der Waals surface area contributed by atoms with E-state index < -0.39 is 11.9 Å². The van der Waals surface area contributed by atoms with Crippen molar-refractivity contribution in [2.45, 2.75) is 25.9 Å². The number of hydrogen-bond acceptors (Lipinski definition) is 4. The standard InChI is InChI=1S/C10H17N5O2/c1-7-5-14-15(6-7)3-2-13-10(17)8(11)4-9(12)16/h5-6,8H,2-4,11H2,1H3,(H2,12,16)(H,13,17). The normalized spacial score (nSPS) is 12.1. The van der Waals surface area contributed by atoms with Gasteiger partial charge in [-0.1, -0.05) is 0 Å². The Morgan fingerprint density at radius 3 is 2.82 bits per heavy atom. The van der Waals surface area contributed by atoms with Crippen molar-refractivity contribution in [3.05, 3.63) is 18.0 Å². The smallest absolute Gasteiger partial charge is 0.237 e. The molecule has 0 saturated heterocycles. The van der Waals surface area contributed by atoms with Crippen LogP contribution < -0.4 is 16.8 Å². The molecule has 0 aliphatic rings. The predicted molar refractivity (Wildman–Crippen MR) is 61.8 cm³/mol. The molecule has 0 bridgehead atoms. The van der Waals surface area contributed by atoms with Gasteiger partial charge in [-0.15, -0.1) is 0 Å². The van der Waals surface area contributed by atoms with Crippen molar-refractivity contribution in [3.63, 3.8) is 0 Å². The Bertz CT molecular complexity index is 401. The van der Waals surface area contributed by atoms with Gasteiger partial charge in [0.2, 0.25) is 11.8 Å². The summed E-state index contributed by atoms with van der Waals surface area (Å²) in [7, 11) is 0. The van der Waals surface area contributed by atoms with Gasteiger partial charge in [-0.05, 0) is 12.5 Å². The highest BCUT2D eigenvalue weighted by Crippen LogP contribution is 1.93. The van der Waals surface area contributed by atoms with Gasteiger partial charge in [0.05, 0.1) is 25.2 Å². The van der Waals surface area contributed by atoms with Gasteiger partial charge in [-0.25, -0.2) is 0 Å². The molecule has 1 heterocycles. The summed E-state index contributed by atoms with van der Waals surface area (Å²) < 4.78 is 1.72. The molecule has 0 radical (unpaired) electrons. The average molecular weight is 239 g/mol. The largest absolute Gasteiger partial charge is 0.370 e. The molecule has 0 spiro atoms. The number of nitrogens with one attached hydrogen (secondary N) is 1. The van der Waals surface area contributed by atoms with E-state index in [1.54, 1.807) is 10.9 Å². The molecular weight excluding hydrogens is 222 g/mol. The van der Waals surface area contributed by atoms with Gasteiger partial charge in [0.25, 0.3) is 0 Å². The zero-order chi connectivity index (χ0) is 12.8. The fourth-order valence-electron chi connectivity index (χ4n) is 1.32. The third-order valence-corrected chi connectivity index (χ3v) is 2.16. The van der Waals surface area contributed by atoms with Crippen LogP contribution in [0.3, 0.4) is 0 Å². The molecule has 17 heavy (non-hydrogen) atoms. The summed E-state index contributed by atoms with van der Waals surface area (Å²) >= 11 is 0. The number of aromatic nitrogens is 2. The summed E-state index contributed by atoms with van der Waals surface area (Å²) in [6.07, 6.45) is 3.46. The van der Waals surface area contributed by atoms with Crippen LogP contribution in [0.25, 0.3) is 0 Å². The van der Waals surface area contributed by atoms with Crippen molar-refractivity contribution in [1.82, 2.24) is 15.1 Å². The van der Waals surface area contributed by atoms with Crippen molar-refractivity contribution in [2.75, 3.05) is 6.54 Å². The molecule has 1 rings (SSSR count). The second kappa shape index (κ2) is 6.00. The minimum absolute atomic E-state index is 0.146. The molecule has 1 atom stereocenters. The first kappa shape index (κ1) is 13.2. The number of amides is 2. The zero-order valence-corrected chi connectivity index (χ0v) is 9.72. The van der Waals surface area contributed by atoms with Gasteiger partial charge in [0.1, 0.15) is 0 Å². The van der Waals surface area contributed by atoms with Gasteiger partial charge in [0.15, 0.2) is 0 Å². The van der Waals surface area contributed by atoms with E-state index in [4.69, 9.17) is 11.5 Å². The van der Waals surface area contributed by atoms with Crippen LogP contribution >= 0.6 is 0 Å². The minimum atomic E-state index is -0.883. The summed E-state index contributed by atoms with van der Waals surface area (Å²) in [6, 6.07) is -0.883. The molecule has 1 aromatic rings. The van der Waals surface area contributed by atoms with Crippen molar-refractivity contribution >= 4 is 11.8 Å². The molecule has 5 N–H and O–H groups in total. The highest BCUT2D eigenvalue weighted by Gasteiger charge is 2.14. The Labute approximate surface area is 99.1 Å². The SMILES string of the molecule is Cc1cnn(CCNC(=O)C(N)CC(N)=O)c1. The number of nitrogens with two attached hydrogens (primary N) is 2. The molecule has 7 heteroatoms. The maximum atomic E-state index is 11.4. The maximum absolute atomic E-state index is 11.4. The van der Waals surface area contributed by atoms with Crippen LogP contribution in [0.15, 0.2) is 12.4 Å². The monoisotopic (exact) mass is 239 g/mol. The zero-order valence-electron chi connectivity index (χ0n) is 9.72. The number of carbonyl (C=O) groups excluding carboxylic acids is 2. The number of primary amides is 1. The first-order valence-corrected chi connectivity index (χ1v) is 5.29. The molecule has 1 aromatic heterocycles. The highest BCUT2D eigenvalue weighted by molar-refractivity contribution is 5.87. The predicted octanol–water partition coefficient (Wildman–Crippen LogP) is -1.49. The molecule has 7 nitrogen and oxygen atoms in total. The van der Waals surface area contributed by atoms with E-state index in [1.165, 1.54) is 0 Å². The summed E-state index contributed by atoms with van der Waals surface area (Å²) in [6.45, 7) is 2.90. The Morgan fingerprint density at radius 2 is 2.29 bits per heavy atom. The van der Waals surface area contributed by atoms with E-state index in [1.807, 2.05) is 13.1 Å². The van der Waals surface area contributed by atoms with E-state index in [0.29, 0.717) is 13.1 Å². The number of aryl methyl sites for hydroxylation is 1. The number of nitrogens with zero attached hydrogens (tertiary/aromatic N) is 2. The van der Waals surface area contributed by atoms with Crippen LogP contribution in [-0.4, -0.2) is 34.2 Å². The first-order chi connectivity index (χ1) is 7.99. The fraction of sp³-hybridized carbons (Fsp3) is 0.500. The van der Waals surface area contributed by atoms with Crippen molar-refractivity contribution in [3.8, 4) is 0 Å². The van der Waals surface area contributed by atoms with E-state index in [2.05, 4.69) is 10.4 Å². The van der Waals surface area contributed by atoms with Crippen LogP contribution in [0.2, 0.25) is 0 Å². The topological polar surface area (TPSA) is 116 Å². The average Bonchev–Trinajstić information content (AvgIpc) is 2.63. The van der Waals surface area contributed by atoms with Crippen LogP contribution in [0.4, 0.5) is 0 Å².